The lowest BCUT2D eigenvalue weighted by Gasteiger charge is -2.10. The van der Waals surface area contributed by atoms with Crippen molar-refractivity contribution in [1.82, 2.24) is 5.32 Å². The highest BCUT2D eigenvalue weighted by Crippen LogP contribution is 2.12. The number of amides is 1. The van der Waals surface area contributed by atoms with Crippen molar-refractivity contribution in [3.63, 3.8) is 0 Å². The summed E-state index contributed by atoms with van der Waals surface area (Å²) in [5, 5.41) is 6.19. The zero-order valence-corrected chi connectivity index (χ0v) is 11.1. The molecule has 100 valence electrons. The van der Waals surface area contributed by atoms with Gasteiger partial charge in [-0.2, -0.15) is 0 Å². The third kappa shape index (κ3) is 3.96. The molecule has 0 saturated carbocycles. The van der Waals surface area contributed by atoms with E-state index in [1.807, 2.05) is 24.3 Å². The Morgan fingerprint density at radius 2 is 2.16 bits per heavy atom. The van der Waals surface area contributed by atoms with E-state index >= 15 is 0 Å². The van der Waals surface area contributed by atoms with Crippen LogP contribution >= 0.6 is 0 Å². The normalized spacial score (nSPS) is 10.7. The number of rotatable bonds is 5. The Morgan fingerprint density at radius 3 is 2.84 bits per heavy atom. The first kappa shape index (κ1) is 13.4. The first-order valence-corrected chi connectivity index (χ1v) is 6.31. The topological polar surface area (TPSA) is 54.3 Å². The fourth-order valence-electron chi connectivity index (χ4n) is 1.68. The average molecular weight is 258 g/mol. The van der Waals surface area contributed by atoms with Crippen LogP contribution in [0, 0.1) is 0 Å². The van der Waals surface area contributed by atoms with E-state index < -0.39 is 0 Å². The van der Waals surface area contributed by atoms with Gasteiger partial charge in [-0.05, 0) is 23.8 Å². The van der Waals surface area contributed by atoms with Crippen LogP contribution < -0.4 is 10.6 Å². The van der Waals surface area contributed by atoms with Crippen LogP contribution in [-0.4, -0.2) is 11.9 Å². The lowest BCUT2D eigenvalue weighted by Crippen LogP contribution is -2.21. The molecule has 4 heteroatoms. The second kappa shape index (κ2) is 6.20. The summed E-state index contributed by atoms with van der Waals surface area (Å²) < 4.78 is 4.89. The molecule has 2 rings (SSSR count). The number of carbonyl (C=O) groups is 1. The van der Waals surface area contributed by atoms with Crippen LogP contribution in [0.25, 0.3) is 0 Å². The summed E-state index contributed by atoms with van der Waals surface area (Å²) in [7, 11) is 0. The van der Waals surface area contributed by atoms with E-state index in [0.29, 0.717) is 11.6 Å². The monoisotopic (exact) mass is 258 g/mol. The largest absolute Gasteiger partial charge is 0.472 e. The van der Waals surface area contributed by atoms with Crippen molar-refractivity contribution in [2.75, 3.05) is 5.32 Å². The van der Waals surface area contributed by atoms with Crippen LogP contribution in [0.15, 0.2) is 47.3 Å². The molecule has 0 aliphatic carbocycles. The molecule has 4 nitrogen and oxygen atoms in total. The molecule has 2 N–H and O–H groups in total. The van der Waals surface area contributed by atoms with Gasteiger partial charge in [0.2, 0.25) is 0 Å². The van der Waals surface area contributed by atoms with Crippen molar-refractivity contribution in [3.8, 4) is 0 Å². The van der Waals surface area contributed by atoms with E-state index in [2.05, 4.69) is 24.5 Å². The minimum atomic E-state index is -0.164. The molecule has 0 spiro atoms. The molecular formula is C15H18N2O2. The Labute approximate surface area is 112 Å². The van der Waals surface area contributed by atoms with Crippen LogP contribution in [0.5, 0.6) is 0 Å². The SMILES string of the molecule is CC(C)NCc1cccc(NC(=O)c2ccoc2)c1. The molecule has 0 aliphatic heterocycles. The van der Waals surface area contributed by atoms with Gasteiger partial charge in [-0.15, -0.1) is 0 Å². The Hall–Kier alpha value is -2.07. The summed E-state index contributed by atoms with van der Waals surface area (Å²) in [5.74, 6) is -0.164. The fraction of sp³-hybridized carbons (Fsp3) is 0.267. The standard InChI is InChI=1S/C15H18N2O2/c1-11(2)16-9-12-4-3-5-14(8-12)17-15(18)13-6-7-19-10-13/h3-8,10-11,16H,9H2,1-2H3,(H,17,18). The molecule has 0 radical (unpaired) electrons. The van der Waals surface area contributed by atoms with Gasteiger partial charge in [0.05, 0.1) is 11.8 Å². The minimum Gasteiger partial charge on any atom is -0.472 e. The fourth-order valence-corrected chi connectivity index (χ4v) is 1.68. The first-order valence-electron chi connectivity index (χ1n) is 6.31. The summed E-state index contributed by atoms with van der Waals surface area (Å²) >= 11 is 0. The molecule has 2 aromatic rings. The summed E-state index contributed by atoms with van der Waals surface area (Å²) in [6.45, 7) is 4.99. The Bertz CT molecular complexity index is 533. The number of carbonyl (C=O) groups excluding carboxylic acids is 1. The molecule has 0 unspecified atom stereocenters. The number of furan rings is 1. The molecule has 1 aromatic heterocycles. The summed E-state index contributed by atoms with van der Waals surface area (Å²) in [6, 6.07) is 9.87. The van der Waals surface area contributed by atoms with Crippen LogP contribution in [0.2, 0.25) is 0 Å². The highest BCUT2D eigenvalue weighted by Gasteiger charge is 2.07. The zero-order valence-electron chi connectivity index (χ0n) is 11.1. The smallest absolute Gasteiger partial charge is 0.258 e. The van der Waals surface area contributed by atoms with E-state index in [1.165, 1.54) is 12.5 Å². The van der Waals surface area contributed by atoms with Crippen LogP contribution in [0.4, 0.5) is 5.69 Å². The van der Waals surface area contributed by atoms with Crippen molar-refractivity contribution in [1.29, 1.82) is 0 Å². The van der Waals surface area contributed by atoms with Crippen LogP contribution in [0.3, 0.4) is 0 Å². The number of hydrogen-bond donors (Lipinski definition) is 2. The van der Waals surface area contributed by atoms with Crippen molar-refractivity contribution >= 4 is 11.6 Å². The summed E-state index contributed by atoms with van der Waals surface area (Å²) in [6.07, 6.45) is 2.91. The van der Waals surface area contributed by atoms with E-state index in [4.69, 9.17) is 4.42 Å². The second-order valence-corrected chi connectivity index (χ2v) is 4.70. The van der Waals surface area contributed by atoms with Crippen molar-refractivity contribution < 1.29 is 9.21 Å². The van der Waals surface area contributed by atoms with Gasteiger partial charge in [0, 0.05) is 18.3 Å². The second-order valence-electron chi connectivity index (χ2n) is 4.70. The highest BCUT2D eigenvalue weighted by molar-refractivity contribution is 6.03. The quantitative estimate of drug-likeness (QED) is 0.866. The lowest BCUT2D eigenvalue weighted by molar-refractivity contribution is 0.102. The molecule has 1 amide bonds. The number of anilines is 1. The van der Waals surface area contributed by atoms with Gasteiger partial charge in [-0.3, -0.25) is 4.79 Å². The molecule has 1 aromatic carbocycles. The molecule has 19 heavy (non-hydrogen) atoms. The maximum absolute atomic E-state index is 11.9. The minimum absolute atomic E-state index is 0.164. The van der Waals surface area contributed by atoms with Crippen molar-refractivity contribution in [2.24, 2.45) is 0 Å². The summed E-state index contributed by atoms with van der Waals surface area (Å²) in [4.78, 5) is 11.9. The van der Waals surface area contributed by atoms with Crippen LogP contribution in [-0.2, 0) is 6.54 Å². The first-order chi connectivity index (χ1) is 9.15. The average Bonchev–Trinajstić information content (AvgIpc) is 2.91. The van der Waals surface area contributed by atoms with Crippen molar-refractivity contribution in [3.05, 3.63) is 54.0 Å². The van der Waals surface area contributed by atoms with E-state index in [9.17, 15) is 4.79 Å². The molecular weight excluding hydrogens is 240 g/mol. The van der Waals surface area contributed by atoms with E-state index in [0.717, 1.165) is 17.8 Å². The molecule has 0 saturated heterocycles. The third-order valence-electron chi connectivity index (χ3n) is 2.68. The van der Waals surface area contributed by atoms with E-state index in [-0.39, 0.29) is 5.91 Å². The Morgan fingerprint density at radius 1 is 1.32 bits per heavy atom. The molecule has 0 atom stereocenters. The predicted molar refractivity (Wildman–Crippen MR) is 75.1 cm³/mol. The van der Waals surface area contributed by atoms with Gasteiger partial charge in [-0.1, -0.05) is 26.0 Å². The third-order valence-corrected chi connectivity index (χ3v) is 2.68. The maximum atomic E-state index is 11.9. The lowest BCUT2D eigenvalue weighted by atomic mass is 10.2. The van der Waals surface area contributed by atoms with Crippen molar-refractivity contribution in [2.45, 2.75) is 26.4 Å². The van der Waals surface area contributed by atoms with Gasteiger partial charge in [0.1, 0.15) is 6.26 Å². The molecule has 0 bridgehead atoms. The van der Waals surface area contributed by atoms with Gasteiger partial charge < -0.3 is 15.1 Å². The highest BCUT2D eigenvalue weighted by atomic mass is 16.3. The Balaban J connectivity index is 2.01. The molecule has 0 fully saturated rings. The maximum Gasteiger partial charge on any atom is 0.258 e. The Kier molecular flexibility index (Phi) is 4.36. The van der Waals surface area contributed by atoms with E-state index in [1.54, 1.807) is 6.07 Å². The number of benzene rings is 1. The number of nitrogens with one attached hydrogen (secondary N) is 2. The van der Waals surface area contributed by atoms with Gasteiger partial charge in [0.25, 0.3) is 5.91 Å². The predicted octanol–water partition coefficient (Wildman–Crippen LogP) is 3.03. The van der Waals surface area contributed by atoms with Gasteiger partial charge in [-0.25, -0.2) is 0 Å². The molecule has 0 aliphatic rings. The number of hydrogen-bond acceptors (Lipinski definition) is 3. The molecule has 1 heterocycles. The zero-order chi connectivity index (χ0) is 13.7. The van der Waals surface area contributed by atoms with Crippen LogP contribution in [0.1, 0.15) is 29.8 Å². The van der Waals surface area contributed by atoms with Gasteiger partial charge in [0.15, 0.2) is 0 Å². The summed E-state index contributed by atoms with van der Waals surface area (Å²) in [5.41, 5.74) is 2.44. The van der Waals surface area contributed by atoms with Gasteiger partial charge >= 0.3 is 0 Å².